The molecule has 0 aliphatic heterocycles. The van der Waals surface area contributed by atoms with Crippen LogP contribution < -0.4 is 20.1 Å². The molecule has 0 saturated heterocycles. The monoisotopic (exact) mass is 506 g/mol. The number of aliphatic imine (C=N–C) groups is 1. The van der Waals surface area contributed by atoms with Crippen molar-refractivity contribution < 1.29 is 9.47 Å². The first-order valence-electron chi connectivity index (χ1n) is 9.44. The second-order valence-corrected chi connectivity index (χ2v) is 6.11. The van der Waals surface area contributed by atoms with E-state index >= 15 is 0 Å². The topological polar surface area (TPSA) is 67.8 Å². The van der Waals surface area contributed by atoms with Gasteiger partial charge < -0.3 is 20.1 Å². The number of nitrogens with zero attached hydrogens (tertiary/aromatic N) is 2. The minimum absolute atomic E-state index is 0. The third kappa shape index (κ3) is 5.96. The van der Waals surface area contributed by atoms with E-state index in [0.29, 0.717) is 30.6 Å². The molecule has 0 unspecified atom stereocenters. The lowest BCUT2D eigenvalue weighted by Crippen LogP contribution is -2.30. The van der Waals surface area contributed by atoms with E-state index in [-0.39, 0.29) is 24.0 Å². The maximum atomic E-state index is 5.65. The fourth-order valence-corrected chi connectivity index (χ4v) is 2.93. The molecule has 0 aliphatic carbocycles. The first-order valence-corrected chi connectivity index (χ1v) is 9.44. The molecule has 0 saturated carbocycles. The van der Waals surface area contributed by atoms with Gasteiger partial charge in [-0.1, -0.05) is 24.3 Å². The summed E-state index contributed by atoms with van der Waals surface area (Å²) in [6.07, 6.45) is 1.81. The molecule has 3 rings (SSSR count). The standard InChI is InChI=1S/C22H26N4O2.HI/c1-4-23-22(26-18-11-12-19(27-3)20(14-18)28-5-2)25-15-17-9-6-8-16-10-7-13-24-21(16)17;/h6-14H,4-5,15H2,1-3H3,(H2,23,25,26);1H. The summed E-state index contributed by atoms with van der Waals surface area (Å²) < 4.78 is 11.0. The third-order valence-electron chi connectivity index (χ3n) is 4.19. The number of nitrogens with one attached hydrogen (secondary N) is 2. The molecule has 7 heteroatoms. The number of pyridine rings is 1. The van der Waals surface area contributed by atoms with Crippen LogP contribution in [0.1, 0.15) is 19.4 Å². The van der Waals surface area contributed by atoms with E-state index in [1.54, 1.807) is 7.11 Å². The average Bonchev–Trinajstić information content (AvgIpc) is 2.72. The van der Waals surface area contributed by atoms with Gasteiger partial charge in [-0.2, -0.15) is 0 Å². The van der Waals surface area contributed by atoms with Crippen LogP contribution in [0, 0.1) is 0 Å². The van der Waals surface area contributed by atoms with E-state index in [4.69, 9.17) is 14.5 Å². The summed E-state index contributed by atoms with van der Waals surface area (Å²) in [6, 6.07) is 15.9. The minimum atomic E-state index is 0. The molecule has 0 spiro atoms. The van der Waals surface area contributed by atoms with Crippen molar-refractivity contribution >= 4 is 46.5 Å². The molecule has 154 valence electrons. The number of fused-ring (bicyclic) bond motifs is 1. The van der Waals surface area contributed by atoms with Gasteiger partial charge in [0.25, 0.3) is 0 Å². The van der Waals surface area contributed by atoms with E-state index in [2.05, 4.69) is 33.8 Å². The Morgan fingerprint density at radius 3 is 2.66 bits per heavy atom. The Labute approximate surface area is 188 Å². The molecule has 2 N–H and O–H groups in total. The normalized spacial score (nSPS) is 10.9. The number of benzene rings is 2. The molecule has 0 fully saturated rings. The van der Waals surface area contributed by atoms with Crippen LogP contribution in [-0.2, 0) is 6.54 Å². The Bertz CT molecular complexity index is 957. The molecular formula is C22H27IN4O2. The number of anilines is 1. The SMILES string of the molecule is CCNC(=NCc1cccc2cccnc12)Nc1ccc(OC)c(OCC)c1.I. The summed E-state index contributed by atoms with van der Waals surface area (Å²) in [6.45, 7) is 5.84. The van der Waals surface area contributed by atoms with Gasteiger partial charge in [0.15, 0.2) is 17.5 Å². The highest BCUT2D eigenvalue weighted by Gasteiger charge is 2.07. The van der Waals surface area contributed by atoms with Gasteiger partial charge in [-0.3, -0.25) is 4.98 Å². The van der Waals surface area contributed by atoms with Gasteiger partial charge in [-0.15, -0.1) is 24.0 Å². The van der Waals surface area contributed by atoms with Crippen LogP contribution in [0.5, 0.6) is 11.5 Å². The summed E-state index contributed by atoms with van der Waals surface area (Å²) in [5.74, 6) is 2.10. The second-order valence-electron chi connectivity index (χ2n) is 6.11. The Hall–Kier alpha value is -2.55. The van der Waals surface area contributed by atoms with Gasteiger partial charge in [0, 0.05) is 29.9 Å². The smallest absolute Gasteiger partial charge is 0.196 e. The maximum Gasteiger partial charge on any atom is 0.196 e. The van der Waals surface area contributed by atoms with E-state index in [1.165, 1.54) is 0 Å². The molecular weight excluding hydrogens is 479 g/mol. The lowest BCUT2D eigenvalue weighted by molar-refractivity contribution is 0.311. The zero-order valence-electron chi connectivity index (χ0n) is 16.9. The molecule has 0 bridgehead atoms. The fourth-order valence-electron chi connectivity index (χ4n) is 2.93. The molecule has 2 aromatic carbocycles. The van der Waals surface area contributed by atoms with Gasteiger partial charge in [0.1, 0.15) is 0 Å². The van der Waals surface area contributed by atoms with Crippen molar-refractivity contribution in [2.24, 2.45) is 4.99 Å². The number of ether oxygens (including phenoxy) is 2. The fraction of sp³-hybridized carbons (Fsp3) is 0.273. The van der Waals surface area contributed by atoms with Gasteiger partial charge >= 0.3 is 0 Å². The lowest BCUT2D eigenvalue weighted by Gasteiger charge is -2.14. The van der Waals surface area contributed by atoms with Crippen LogP contribution in [0.25, 0.3) is 10.9 Å². The Morgan fingerprint density at radius 2 is 1.90 bits per heavy atom. The van der Waals surface area contributed by atoms with Crippen LogP contribution in [0.15, 0.2) is 59.7 Å². The number of halogens is 1. The predicted molar refractivity (Wildman–Crippen MR) is 130 cm³/mol. The molecule has 1 heterocycles. The van der Waals surface area contributed by atoms with Crippen molar-refractivity contribution in [1.82, 2.24) is 10.3 Å². The largest absolute Gasteiger partial charge is 0.493 e. The van der Waals surface area contributed by atoms with Crippen molar-refractivity contribution in [2.45, 2.75) is 20.4 Å². The number of guanidine groups is 1. The van der Waals surface area contributed by atoms with Crippen molar-refractivity contribution in [3.8, 4) is 11.5 Å². The highest BCUT2D eigenvalue weighted by molar-refractivity contribution is 14.0. The molecule has 1 aromatic heterocycles. The maximum absolute atomic E-state index is 5.65. The van der Waals surface area contributed by atoms with Gasteiger partial charge in [-0.05, 0) is 37.6 Å². The van der Waals surface area contributed by atoms with Crippen molar-refractivity contribution in [1.29, 1.82) is 0 Å². The Kier molecular flexibility index (Phi) is 8.98. The van der Waals surface area contributed by atoms with E-state index in [0.717, 1.165) is 28.7 Å². The molecule has 3 aromatic rings. The van der Waals surface area contributed by atoms with Gasteiger partial charge in [-0.25, -0.2) is 4.99 Å². The van der Waals surface area contributed by atoms with Crippen molar-refractivity contribution in [3.63, 3.8) is 0 Å². The highest BCUT2D eigenvalue weighted by Crippen LogP contribution is 2.30. The average molecular weight is 506 g/mol. The number of para-hydroxylation sites is 1. The Morgan fingerprint density at radius 1 is 1.07 bits per heavy atom. The van der Waals surface area contributed by atoms with Crippen molar-refractivity contribution in [2.75, 3.05) is 25.6 Å². The minimum Gasteiger partial charge on any atom is -0.493 e. The first-order chi connectivity index (χ1) is 13.7. The molecule has 29 heavy (non-hydrogen) atoms. The quantitative estimate of drug-likeness (QED) is 0.273. The van der Waals surface area contributed by atoms with E-state index in [1.807, 2.05) is 50.4 Å². The summed E-state index contributed by atoms with van der Waals surface area (Å²) in [7, 11) is 1.63. The Balaban J connectivity index is 0.00000300. The van der Waals surface area contributed by atoms with Crippen LogP contribution >= 0.6 is 24.0 Å². The molecule has 0 radical (unpaired) electrons. The molecule has 0 atom stereocenters. The summed E-state index contributed by atoms with van der Waals surface area (Å²) in [4.78, 5) is 9.23. The summed E-state index contributed by atoms with van der Waals surface area (Å²) >= 11 is 0. The van der Waals surface area contributed by atoms with Gasteiger partial charge in [0.05, 0.1) is 25.8 Å². The second kappa shape index (κ2) is 11.5. The van der Waals surface area contributed by atoms with E-state index < -0.39 is 0 Å². The molecule has 0 aliphatic rings. The number of aromatic nitrogens is 1. The zero-order valence-corrected chi connectivity index (χ0v) is 19.3. The number of hydrogen-bond acceptors (Lipinski definition) is 4. The molecule has 6 nitrogen and oxygen atoms in total. The van der Waals surface area contributed by atoms with Crippen LogP contribution in [0.4, 0.5) is 5.69 Å². The van der Waals surface area contributed by atoms with Crippen molar-refractivity contribution in [3.05, 3.63) is 60.3 Å². The van der Waals surface area contributed by atoms with Crippen LogP contribution in [0.2, 0.25) is 0 Å². The predicted octanol–water partition coefficient (Wildman–Crippen LogP) is 4.84. The highest BCUT2D eigenvalue weighted by atomic mass is 127. The third-order valence-corrected chi connectivity index (χ3v) is 4.19. The number of rotatable bonds is 7. The summed E-state index contributed by atoms with van der Waals surface area (Å²) in [5.41, 5.74) is 2.94. The zero-order chi connectivity index (χ0) is 19.8. The van der Waals surface area contributed by atoms with Crippen LogP contribution in [-0.4, -0.2) is 31.2 Å². The number of hydrogen-bond donors (Lipinski definition) is 2. The molecule has 0 amide bonds. The van der Waals surface area contributed by atoms with Crippen LogP contribution in [0.3, 0.4) is 0 Å². The van der Waals surface area contributed by atoms with E-state index in [9.17, 15) is 0 Å². The lowest BCUT2D eigenvalue weighted by atomic mass is 10.1. The van der Waals surface area contributed by atoms with Gasteiger partial charge in [0.2, 0.25) is 0 Å². The summed E-state index contributed by atoms with van der Waals surface area (Å²) in [5, 5.41) is 7.72. The number of methoxy groups -OCH3 is 1. The first kappa shape index (κ1) is 22.7.